The summed E-state index contributed by atoms with van der Waals surface area (Å²) in [5.41, 5.74) is 0.785. The maximum Gasteiger partial charge on any atom is 0.323 e. The van der Waals surface area contributed by atoms with Crippen molar-refractivity contribution in [2.75, 3.05) is 26.8 Å². The van der Waals surface area contributed by atoms with Gasteiger partial charge in [-0.3, -0.25) is 9.59 Å². The van der Waals surface area contributed by atoms with E-state index in [1.807, 2.05) is 30.3 Å². The first-order valence-corrected chi connectivity index (χ1v) is 6.92. The van der Waals surface area contributed by atoms with E-state index in [1.165, 1.54) is 12.0 Å². The highest BCUT2D eigenvalue weighted by atomic mass is 16.5. The zero-order valence-electron chi connectivity index (χ0n) is 12.6. The van der Waals surface area contributed by atoms with Crippen molar-refractivity contribution >= 4 is 11.9 Å². The molecule has 2 aromatic rings. The summed E-state index contributed by atoms with van der Waals surface area (Å²) in [7, 11) is 1.48. The molecule has 1 amide bonds. The Labute approximate surface area is 132 Å². The Morgan fingerprint density at radius 3 is 2.70 bits per heavy atom. The van der Waals surface area contributed by atoms with Gasteiger partial charge in [-0.15, -0.1) is 10.2 Å². The van der Waals surface area contributed by atoms with Crippen molar-refractivity contribution in [2.24, 2.45) is 0 Å². The highest BCUT2D eigenvalue weighted by Gasteiger charge is 2.18. The predicted octanol–water partition coefficient (Wildman–Crippen LogP) is -0.100. The minimum atomic E-state index is -1.09. The lowest BCUT2D eigenvalue weighted by Gasteiger charge is -2.19. The van der Waals surface area contributed by atoms with Crippen molar-refractivity contribution in [2.45, 2.75) is 6.54 Å². The second-order valence-electron chi connectivity index (χ2n) is 4.71. The molecule has 122 valence electrons. The molecule has 0 aliphatic heterocycles. The van der Waals surface area contributed by atoms with E-state index in [9.17, 15) is 9.59 Å². The average molecular weight is 319 g/mol. The quantitative estimate of drug-likeness (QED) is 0.723. The van der Waals surface area contributed by atoms with Gasteiger partial charge in [0.25, 0.3) is 0 Å². The Morgan fingerprint density at radius 2 is 2.04 bits per heavy atom. The largest absolute Gasteiger partial charge is 0.480 e. The number of hydrogen-bond donors (Lipinski definition) is 1. The van der Waals surface area contributed by atoms with Crippen LogP contribution in [0.1, 0.15) is 0 Å². The molecule has 1 heterocycles. The summed E-state index contributed by atoms with van der Waals surface area (Å²) in [6.07, 6.45) is 0. The predicted molar refractivity (Wildman–Crippen MR) is 79.3 cm³/mol. The van der Waals surface area contributed by atoms with Crippen LogP contribution in [0.4, 0.5) is 0 Å². The first kappa shape index (κ1) is 16.6. The van der Waals surface area contributed by atoms with Gasteiger partial charge in [0.05, 0.1) is 6.61 Å². The molecule has 1 aromatic heterocycles. The van der Waals surface area contributed by atoms with E-state index in [4.69, 9.17) is 9.84 Å². The summed E-state index contributed by atoms with van der Waals surface area (Å²) in [5.74, 6) is -1.10. The van der Waals surface area contributed by atoms with Gasteiger partial charge in [0.15, 0.2) is 0 Å². The van der Waals surface area contributed by atoms with Crippen LogP contribution < -0.4 is 0 Å². The van der Waals surface area contributed by atoms with Gasteiger partial charge in [-0.05, 0) is 5.21 Å². The van der Waals surface area contributed by atoms with Gasteiger partial charge in [-0.1, -0.05) is 30.3 Å². The molecule has 0 radical (unpaired) electrons. The Morgan fingerprint density at radius 1 is 1.30 bits per heavy atom. The van der Waals surface area contributed by atoms with Crippen molar-refractivity contribution < 1.29 is 19.4 Å². The molecule has 2 rings (SSSR count). The number of carbonyl (C=O) groups excluding carboxylic acids is 1. The van der Waals surface area contributed by atoms with Crippen molar-refractivity contribution in [1.82, 2.24) is 25.1 Å². The molecule has 0 atom stereocenters. The molecule has 0 spiro atoms. The molecule has 0 saturated carbocycles. The molecular weight excluding hydrogens is 302 g/mol. The Kier molecular flexibility index (Phi) is 5.75. The number of methoxy groups -OCH3 is 1. The van der Waals surface area contributed by atoms with Crippen molar-refractivity contribution in [1.29, 1.82) is 0 Å². The fourth-order valence-electron chi connectivity index (χ4n) is 1.89. The second kappa shape index (κ2) is 7.99. The van der Waals surface area contributed by atoms with E-state index in [1.54, 1.807) is 0 Å². The zero-order valence-corrected chi connectivity index (χ0v) is 12.6. The normalized spacial score (nSPS) is 10.5. The van der Waals surface area contributed by atoms with E-state index in [0.29, 0.717) is 5.82 Å². The minimum Gasteiger partial charge on any atom is -0.480 e. The first-order chi connectivity index (χ1) is 11.1. The highest BCUT2D eigenvalue weighted by Crippen LogP contribution is 2.11. The van der Waals surface area contributed by atoms with Crippen LogP contribution in [0.5, 0.6) is 0 Å². The smallest absolute Gasteiger partial charge is 0.323 e. The van der Waals surface area contributed by atoms with Crippen molar-refractivity contribution in [3.63, 3.8) is 0 Å². The summed E-state index contributed by atoms with van der Waals surface area (Å²) in [6, 6.07) is 9.23. The molecule has 0 aliphatic carbocycles. The third-order valence-electron chi connectivity index (χ3n) is 3.01. The number of aromatic nitrogens is 4. The fourth-order valence-corrected chi connectivity index (χ4v) is 1.89. The zero-order chi connectivity index (χ0) is 16.7. The molecule has 23 heavy (non-hydrogen) atoms. The van der Waals surface area contributed by atoms with E-state index >= 15 is 0 Å². The van der Waals surface area contributed by atoms with Crippen molar-refractivity contribution in [3.05, 3.63) is 30.3 Å². The standard InChI is InChI=1S/C14H17N5O4/c1-23-8-7-18(10-13(21)22)12(20)9-19-16-14(15-17-19)11-5-3-2-4-6-11/h2-6H,7-10H2,1H3,(H,21,22). The number of amides is 1. The average Bonchev–Trinajstić information content (AvgIpc) is 3.00. The number of hydrogen-bond acceptors (Lipinski definition) is 6. The number of aliphatic carboxylic acids is 1. The number of carbonyl (C=O) groups is 2. The highest BCUT2D eigenvalue weighted by molar-refractivity contribution is 5.81. The third kappa shape index (κ3) is 4.85. The summed E-state index contributed by atoms with van der Waals surface area (Å²) in [4.78, 5) is 25.3. The third-order valence-corrected chi connectivity index (χ3v) is 3.01. The van der Waals surface area contributed by atoms with Crippen LogP contribution in [0.15, 0.2) is 30.3 Å². The van der Waals surface area contributed by atoms with Crippen LogP contribution >= 0.6 is 0 Å². The Bertz CT molecular complexity index is 658. The summed E-state index contributed by atoms with van der Waals surface area (Å²) in [5, 5.41) is 20.7. The molecular formula is C14H17N5O4. The number of rotatable bonds is 8. The van der Waals surface area contributed by atoms with Gasteiger partial charge in [-0.25, -0.2) is 0 Å². The molecule has 1 N–H and O–H groups in total. The lowest BCUT2D eigenvalue weighted by Crippen LogP contribution is -2.40. The monoisotopic (exact) mass is 319 g/mol. The molecule has 0 unspecified atom stereocenters. The number of ether oxygens (including phenoxy) is 1. The lowest BCUT2D eigenvalue weighted by atomic mass is 10.2. The first-order valence-electron chi connectivity index (χ1n) is 6.92. The number of benzene rings is 1. The van der Waals surface area contributed by atoms with Crippen LogP contribution in [0.2, 0.25) is 0 Å². The van der Waals surface area contributed by atoms with Crippen LogP contribution in [0, 0.1) is 0 Å². The molecule has 0 aliphatic rings. The van der Waals surface area contributed by atoms with E-state index in [0.717, 1.165) is 10.4 Å². The van der Waals surface area contributed by atoms with Gasteiger partial charge in [0.2, 0.25) is 11.7 Å². The number of carboxylic acids is 1. The molecule has 9 heteroatoms. The van der Waals surface area contributed by atoms with Crippen LogP contribution in [0.25, 0.3) is 11.4 Å². The number of tetrazole rings is 1. The SMILES string of the molecule is COCCN(CC(=O)O)C(=O)Cn1nnc(-c2ccccc2)n1. The van der Waals surface area contributed by atoms with Gasteiger partial charge in [0.1, 0.15) is 13.1 Å². The Hall–Kier alpha value is -2.81. The maximum atomic E-state index is 12.2. The van der Waals surface area contributed by atoms with Gasteiger partial charge >= 0.3 is 5.97 Å². The second-order valence-corrected chi connectivity index (χ2v) is 4.71. The van der Waals surface area contributed by atoms with Gasteiger partial charge in [-0.2, -0.15) is 4.80 Å². The number of nitrogens with zero attached hydrogens (tertiary/aromatic N) is 5. The topological polar surface area (TPSA) is 110 Å². The van der Waals surface area contributed by atoms with Gasteiger partial charge < -0.3 is 14.7 Å². The fraction of sp³-hybridized carbons (Fsp3) is 0.357. The summed E-state index contributed by atoms with van der Waals surface area (Å²) in [6.45, 7) is -0.153. The minimum absolute atomic E-state index is 0.182. The van der Waals surface area contributed by atoms with E-state index in [2.05, 4.69) is 15.4 Å². The molecule has 0 saturated heterocycles. The van der Waals surface area contributed by atoms with Crippen LogP contribution in [-0.2, 0) is 20.9 Å². The molecule has 0 bridgehead atoms. The van der Waals surface area contributed by atoms with E-state index in [-0.39, 0.29) is 19.7 Å². The van der Waals surface area contributed by atoms with Crippen molar-refractivity contribution in [3.8, 4) is 11.4 Å². The summed E-state index contributed by atoms with van der Waals surface area (Å²) >= 11 is 0. The maximum absolute atomic E-state index is 12.2. The van der Waals surface area contributed by atoms with E-state index < -0.39 is 18.4 Å². The lowest BCUT2D eigenvalue weighted by molar-refractivity contribution is -0.145. The van der Waals surface area contributed by atoms with Crippen LogP contribution in [0.3, 0.4) is 0 Å². The summed E-state index contributed by atoms with van der Waals surface area (Å²) < 4.78 is 4.88. The number of carboxylic acid groups (broad SMARTS) is 1. The van der Waals surface area contributed by atoms with Crippen LogP contribution in [-0.4, -0.2) is 68.9 Å². The Balaban J connectivity index is 2.03. The van der Waals surface area contributed by atoms with Gasteiger partial charge in [0, 0.05) is 19.2 Å². The molecule has 1 aromatic carbocycles. The molecule has 9 nitrogen and oxygen atoms in total. The molecule has 0 fully saturated rings.